The number of ether oxygens (including phenoxy) is 8. The van der Waals surface area contributed by atoms with Crippen molar-refractivity contribution in [3.63, 3.8) is 0 Å². The minimum atomic E-state index is -8.19. The summed E-state index contributed by atoms with van der Waals surface area (Å²) in [7, 11) is 0. The molecule has 0 unspecified atom stereocenters. The summed E-state index contributed by atoms with van der Waals surface area (Å²) in [6.07, 6.45) is -96.2. The molecular formula is C15H6F26O10. The lowest BCUT2D eigenvalue weighted by Gasteiger charge is -2.36. The van der Waals surface area contributed by atoms with E-state index < -0.39 is 93.2 Å². The first-order chi connectivity index (χ1) is 21.8. The second kappa shape index (κ2) is 14.2. The van der Waals surface area contributed by atoms with Gasteiger partial charge in [0.05, 0.1) is 0 Å². The summed E-state index contributed by atoms with van der Waals surface area (Å²) in [5.74, 6) is 0. The predicted octanol–water partition coefficient (Wildman–Crippen LogP) is 6.68. The molecule has 0 saturated carbocycles. The van der Waals surface area contributed by atoms with E-state index in [1.165, 1.54) is 18.9 Å². The molecule has 51 heavy (non-hydrogen) atoms. The first kappa shape index (κ1) is 48.8. The summed E-state index contributed by atoms with van der Waals surface area (Å²) < 4.78 is 353. The van der Waals surface area contributed by atoms with Gasteiger partial charge in [-0.25, -0.2) is 37.9 Å². The molecular weight excluding hydrogens is 834 g/mol. The highest BCUT2D eigenvalue weighted by atomic mass is 19.4. The van der Waals surface area contributed by atoms with Crippen LogP contribution in [0.2, 0.25) is 0 Å². The molecule has 0 rings (SSSR count). The van der Waals surface area contributed by atoms with Crippen LogP contribution in [0.25, 0.3) is 0 Å². The van der Waals surface area contributed by atoms with Crippen LogP contribution in [0.5, 0.6) is 0 Å². The van der Waals surface area contributed by atoms with Gasteiger partial charge in [-0.3, -0.25) is 0 Å². The van der Waals surface area contributed by atoms with Gasteiger partial charge < -0.3 is 10.2 Å². The molecule has 0 spiro atoms. The van der Waals surface area contributed by atoms with Crippen LogP contribution in [0.3, 0.4) is 0 Å². The molecule has 0 amide bonds. The Hall–Kier alpha value is -2.22. The van der Waals surface area contributed by atoms with E-state index >= 15 is 0 Å². The normalized spacial score (nSPS) is 16.2. The van der Waals surface area contributed by atoms with Gasteiger partial charge in [-0.15, -0.1) is 26.3 Å². The van der Waals surface area contributed by atoms with Gasteiger partial charge in [0.25, 0.3) is 0 Å². The summed E-state index contributed by atoms with van der Waals surface area (Å²) in [4.78, 5) is 0. The van der Waals surface area contributed by atoms with E-state index in [2.05, 4.69) is 0 Å². The number of hydrogen-bond acceptors (Lipinski definition) is 10. The summed E-state index contributed by atoms with van der Waals surface area (Å²) in [6, 6.07) is 0. The molecule has 0 aromatic carbocycles. The second-order valence-electron chi connectivity index (χ2n) is 7.93. The molecule has 0 aliphatic heterocycles. The monoisotopic (exact) mass is 840 g/mol. The zero-order valence-electron chi connectivity index (χ0n) is 21.9. The van der Waals surface area contributed by atoms with E-state index in [0.29, 0.717) is 0 Å². The van der Waals surface area contributed by atoms with Gasteiger partial charge in [0.1, 0.15) is 13.2 Å². The minimum absolute atomic E-state index is 1.17. The first-order valence-electron chi connectivity index (χ1n) is 10.5. The molecule has 308 valence electrons. The molecule has 36 heteroatoms. The fourth-order valence-electron chi connectivity index (χ4n) is 1.87. The van der Waals surface area contributed by atoms with E-state index in [9.17, 15) is 114 Å². The number of aliphatic hydroxyl groups excluding tert-OH is 2. The average molecular weight is 840 g/mol. The van der Waals surface area contributed by atoms with E-state index in [1.807, 2.05) is 4.74 Å². The van der Waals surface area contributed by atoms with Crippen LogP contribution in [-0.2, 0) is 37.9 Å². The van der Waals surface area contributed by atoms with Crippen LogP contribution in [-0.4, -0.2) is 103 Å². The van der Waals surface area contributed by atoms with Crippen molar-refractivity contribution in [2.45, 2.75) is 80.0 Å². The maximum atomic E-state index is 13.4. The van der Waals surface area contributed by atoms with Crippen LogP contribution >= 0.6 is 0 Å². The van der Waals surface area contributed by atoms with Gasteiger partial charge >= 0.3 is 80.0 Å². The van der Waals surface area contributed by atoms with Gasteiger partial charge in [-0.2, -0.15) is 87.8 Å². The van der Waals surface area contributed by atoms with Crippen molar-refractivity contribution in [3.05, 3.63) is 0 Å². The van der Waals surface area contributed by atoms with E-state index in [4.69, 9.17) is 10.2 Å². The van der Waals surface area contributed by atoms with E-state index in [0.717, 1.165) is 0 Å². The Morgan fingerprint density at radius 1 is 0.235 bits per heavy atom. The summed E-state index contributed by atoms with van der Waals surface area (Å²) in [5, 5.41) is 15.8. The van der Waals surface area contributed by atoms with Crippen molar-refractivity contribution < 1.29 is 162 Å². The lowest BCUT2D eigenvalue weighted by molar-refractivity contribution is -0.622. The van der Waals surface area contributed by atoms with Gasteiger partial charge in [-0.1, -0.05) is 0 Å². The molecule has 0 aliphatic carbocycles. The minimum Gasteiger partial charge on any atom is -0.387 e. The molecule has 2 N–H and O–H groups in total. The number of halogens is 26. The number of hydrogen-bond donors (Lipinski definition) is 2. The average Bonchev–Trinajstić information content (AvgIpc) is 2.77. The van der Waals surface area contributed by atoms with E-state index in [-0.39, 0.29) is 0 Å². The lowest BCUT2D eigenvalue weighted by atomic mass is 10.4. The largest absolute Gasteiger partial charge is 0.498 e. The quantitative estimate of drug-likeness (QED) is 0.0905. The maximum absolute atomic E-state index is 13.4. The lowest BCUT2D eigenvalue weighted by Crippen LogP contribution is -2.61. The highest BCUT2D eigenvalue weighted by Gasteiger charge is 2.79. The van der Waals surface area contributed by atoms with Gasteiger partial charge in [0.15, 0.2) is 0 Å². The highest BCUT2D eigenvalue weighted by Crippen LogP contribution is 2.53. The highest BCUT2D eigenvalue weighted by molar-refractivity contribution is 4.80. The summed E-state index contributed by atoms with van der Waals surface area (Å²) in [6.45, 7) is -5.83. The second-order valence-corrected chi connectivity index (χ2v) is 7.93. The number of rotatable bonds is 22. The Morgan fingerprint density at radius 2 is 0.412 bits per heavy atom. The van der Waals surface area contributed by atoms with Crippen molar-refractivity contribution in [1.29, 1.82) is 0 Å². The van der Waals surface area contributed by atoms with Crippen LogP contribution in [0.1, 0.15) is 0 Å². The van der Waals surface area contributed by atoms with Gasteiger partial charge in [0.2, 0.25) is 0 Å². The zero-order valence-corrected chi connectivity index (χ0v) is 21.9. The van der Waals surface area contributed by atoms with Crippen molar-refractivity contribution in [1.82, 2.24) is 0 Å². The Bertz CT molecular complexity index is 1160. The van der Waals surface area contributed by atoms with Crippen molar-refractivity contribution in [2.24, 2.45) is 0 Å². The summed E-state index contributed by atoms with van der Waals surface area (Å²) >= 11 is 0. The van der Waals surface area contributed by atoms with Crippen molar-refractivity contribution in [2.75, 3.05) is 13.2 Å². The molecule has 0 aliphatic rings. The molecule has 0 atom stereocenters. The molecule has 10 nitrogen and oxygen atoms in total. The number of aliphatic hydroxyl groups is 2. The Labute approximate surface area is 257 Å². The Kier molecular flexibility index (Phi) is 13.6. The van der Waals surface area contributed by atoms with Crippen LogP contribution in [0, 0.1) is 0 Å². The third kappa shape index (κ3) is 13.0. The molecule has 0 aromatic heterocycles. The van der Waals surface area contributed by atoms with E-state index in [1.54, 1.807) is 14.2 Å². The fraction of sp³-hybridized carbons (Fsp3) is 1.00. The molecule has 0 radical (unpaired) electrons. The fourth-order valence-corrected chi connectivity index (χ4v) is 1.87. The SMILES string of the molecule is OCC(F)(F)OC(F)(F)OC(F)(F)OC(F)(F)OC(F)(F)C(F)(F)OC(F)(F)C(F)(F)OC(F)(F)C(F)(F)OC(F)(F)C(F)(F)OC(F)(F)CO. The summed E-state index contributed by atoms with van der Waals surface area (Å²) in [5.41, 5.74) is 0. The van der Waals surface area contributed by atoms with Gasteiger partial charge in [-0.05, 0) is 0 Å². The molecule has 0 bridgehead atoms. The molecule has 0 saturated heterocycles. The van der Waals surface area contributed by atoms with Crippen LogP contribution in [0.15, 0.2) is 0 Å². The zero-order chi connectivity index (χ0) is 41.6. The molecule has 0 heterocycles. The van der Waals surface area contributed by atoms with Crippen molar-refractivity contribution in [3.8, 4) is 0 Å². The third-order valence-electron chi connectivity index (χ3n) is 3.76. The topological polar surface area (TPSA) is 114 Å². The standard InChI is InChI=1S/C15H6F26O10/c16-3(17,1-42)44-5(20,21)6(22,23)46-7(24,25)8(26,27)47-9(28,29)10(30,31)48-11(32,33)12(34,35)49-14(38,39)51-15(40,41)50-13(36,37)45-4(18,19)2-43/h42-43H,1-2H2. The van der Waals surface area contributed by atoms with Gasteiger partial charge in [0, 0.05) is 0 Å². The molecule has 0 fully saturated rings. The Morgan fingerprint density at radius 3 is 0.667 bits per heavy atom. The number of alkyl halides is 26. The smallest absolute Gasteiger partial charge is 0.387 e. The maximum Gasteiger partial charge on any atom is 0.498 e. The van der Waals surface area contributed by atoms with Crippen LogP contribution < -0.4 is 0 Å². The molecule has 0 aromatic rings. The van der Waals surface area contributed by atoms with Crippen LogP contribution in [0.4, 0.5) is 114 Å². The predicted molar refractivity (Wildman–Crippen MR) is 87.2 cm³/mol. The Balaban J connectivity index is 6.12. The first-order valence-corrected chi connectivity index (χ1v) is 10.5. The van der Waals surface area contributed by atoms with Crippen molar-refractivity contribution >= 4 is 0 Å². The third-order valence-corrected chi connectivity index (χ3v) is 3.76.